The van der Waals surface area contributed by atoms with Crippen LogP contribution in [0.25, 0.3) is 0 Å². The number of hydrogen-bond acceptors (Lipinski definition) is 4. The molecule has 1 heterocycles. The first-order valence-corrected chi connectivity index (χ1v) is 8.58. The molecule has 0 saturated heterocycles. The van der Waals surface area contributed by atoms with Crippen LogP contribution in [0.1, 0.15) is 36.7 Å². The van der Waals surface area contributed by atoms with Crippen LogP contribution in [0.15, 0.2) is 48.5 Å². The molecule has 1 aliphatic heterocycles. The summed E-state index contributed by atoms with van der Waals surface area (Å²) in [7, 11) is 1.58. The summed E-state index contributed by atoms with van der Waals surface area (Å²) in [6, 6.07) is 13.9. The minimum absolute atomic E-state index is 0.116. The number of methoxy groups -OCH3 is 1. The van der Waals surface area contributed by atoms with Gasteiger partial charge in [-0.25, -0.2) is 4.79 Å². The molecule has 0 radical (unpaired) electrons. The molecule has 5 heteroatoms. The van der Waals surface area contributed by atoms with Gasteiger partial charge in [0.15, 0.2) is 5.78 Å². The molecular weight excluding hydrogens is 330 g/mol. The molecule has 136 valence electrons. The Kier molecular flexibility index (Phi) is 4.72. The molecular formula is C21H23NO4. The van der Waals surface area contributed by atoms with Gasteiger partial charge in [0.25, 0.3) is 0 Å². The number of benzene rings is 2. The third kappa shape index (κ3) is 3.57. The maximum atomic E-state index is 13.1. The number of ether oxygens (including phenoxy) is 2. The first-order valence-electron chi connectivity index (χ1n) is 8.58. The van der Waals surface area contributed by atoms with Gasteiger partial charge in [0.1, 0.15) is 17.4 Å². The van der Waals surface area contributed by atoms with Crippen molar-refractivity contribution in [2.45, 2.75) is 38.8 Å². The van der Waals surface area contributed by atoms with E-state index in [4.69, 9.17) is 9.47 Å². The van der Waals surface area contributed by atoms with Gasteiger partial charge in [-0.2, -0.15) is 0 Å². The smallest absolute Gasteiger partial charge is 0.415 e. The molecule has 0 aromatic heterocycles. The predicted molar refractivity (Wildman–Crippen MR) is 100.0 cm³/mol. The standard InChI is InChI=1S/C21H23NO4/c1-21(2,3)26-20(24)22-17-8-6-5-7-15(17)13-18(22)19(23)14-9-11-16(25-4)12-10-14/h5-12,18H,13H2,1-4H3. The van der Waals surface area contributed by atoms with Gasteiger partial charge in [0, 0.05) is 12.0 Å². The number of carbonyl (C=O) groups is 2. The number of amides is 1. The maximum Gasteiger partial charge on any atom is 0.415 e. The zero-order valence-corrected chi connectivity index (χ0v) is 15.5. The van der Waals surface area contributed by atoms with Crippen molar-refractivity contribution in [2.24, 2.45) is 0 Å². The molecule has 1 amide bonds. The Morgan fingerprint density at radius 3 is 2.31 bits per heavy atom. The number of para-hydroxylation sites is 1. The van der Waals surface area contributed by atoms with E-state index in [9.17, 15) is 9.59 Å². The summed E-state index contributed by atoms with van der Waals surface area (Å²) in [4.78, 5) is 27.4. The van der Waals surface area contributed by atoms with Crippen LogP contribution in [0.4, 0.5) is 10.5 Å². The molecule has 0 saturated carbocycles. The fraction of sp³-hybridized carbons (Fsp3) is 0.333. The molecule has 0 bridgehead atoms. The van der Waals surface area contributed by atoms with Crippen molar-refractivity contribution >= 4 is 17.6 Å². The predicted octanol–water partition coefficient (Wildman–Crippen LogP) is 4.24. The third-order valence-corrected chi connectivity index (χ3v) is 4.24. The van der Waals surface area contributed by atoms with Crippen molar-refractivity contribution in [3.05, 3.63) is 59.7 Å². The summed E-state index contributed by atoms with van der Waals surface area (Å²) < 4.78 is 10.7. The fourth-order valence-corrected chi connectivity index (χ4v) is 3.08. The summed E-state index contributed by atoms with van der Waals surface area (Å²) in [5, 5.41) is 0. The lowest BCUT2D eigenvalue weighted by Gasteiger charge is -2.28. The molecule has 3 rings (SSSR count). The van der Waals surface area contributed by atoms with Crippen LogP contribution in [-0.4, -0.2) is 30.6 Å². The Morgan fingerprint density at radius 1 is 1.04 bits per heavy atom. The Hall–Kier alpha value is -2.82. The van der Waals surface area contributed by atoms with Gasteiger partial charge in [-0.15, -0.1) is 0 Å². The van der Waals surface area contributed by atoms with Gasteiger partial charge in [0.2, 0.25) is 0 Å². The Morgan fingerprint density at radius 2 is 1.69 bits per heavy atom. The average Bonchev–Trinajstić information content (AvgIpc) is 2.99. The summed E-state index contributed by atoms with van der Waals surface area (Å²) in [6.45, 7) is 5.44. The second kappa shape index (κ2) is 6.83. The van der Waals surface area contributed by atoms with Crippen molar-refractivity contribution < 1.29 is 19.1 Å². The van der Waals surface area contributed by atoms with Crippen molar-refractivity contribution in [3.8, 4) is 5.75 Å². The van der Waals surface area contributed by atoms with E-state index in [1.165, 1.54) is 4.90 Å². The molecule has 2 aromatic carbocycles. The summed E-state index contributed by atoms with van der Waals surface area (Å²) >= 11 is 0. The van der Waals surface area contributed by atoms with Crippen LogP contribution in [0.5, 0.6) is 5.75 Å². The molecule has 0 fully saturated rings. The van der Waals surface area contributed by atoms with Crippen LogP contribution >= 0.6 is 0 Å². The number of carbonyl (C=O) groups excluding carboxylic acids is 2. The van der Waals surface area contributed by atoms with E-state index in [1.807, 2.05) is 45.0 Å². The molecule has 0 N–H and O–H groups in total. The topological polar surface area (TPSA) is 55.8 Å². The van der Waals surface area contributed by atoms with Crippen molar-refractivity contribution in [3.63, 3.8) is 0 Å². The third-order valence-electron chi connectivity index (χ3n) is 4.24. The summed E-state index contributed by atoms with van der Waals surface area (Å²) in [6.07, 6.45) is -0.0328. The van der Waals surface area contributed by atoms with Gasteiger partial charge < -0.3 is 9.47 Å². The Bertz CT molecular complexity index is 821. The highest BCUT2D eigenvalue weighted by atomic mass is 16.6. The van der Waals surface area contributed by atoms with Gasteiger partial charge in [-0.05, 0) is 56.7 Å². The molecule has 2 aromatic rings. The van der Waals surface area contributed by atoms with E-state index in [2.05, 4.69) is 0 Å². The number of ketones is 1. The van der Waals surface area contributed by atoms with E-state index in [0.717, 1.165) is 11.3 Å². The van der Waals surface area contributed by atoms with Gasteiger partial charge in [-0.1, -0.05) is 18.2 Å². The van der Waals surface area contributed by atoms with E-state index in [0.29, 0.717) is 17.7 Å². The van der Waals surface area contributed by atoms with Crippen molar-refractivity contribution in [1.29, 1.82) is 0 Å². The summed E-state index contributed by atoms with van der Waals surface area (Å²) in [5.74, 6) is 0.565. The van der Waals surface area contributed by atoms with Gasteiger partial charge >= 0.3 is 6.09 Å². The highest BCUT2D eigenvalue weighted by Crippen LogP contribution is 2.35. The Labute approximate surface area is 153 Å². The molecule has 0 aliphatic carbocycles. The molecule has 26 heavy (non-hydrogen) atoms. The highest BCUT2D eigenvalue weighted by Gasteiger charge is 2.40. The largest absolute Gasteiger partial charge is 0.497 e. The maximum absolute atomic E-state index is 13.1. The van der Waals surface area contributed by atoms with Crippen molar-refractivity contribution in [1.82, 2.24) is 0 Å². The van der Waals surface area contributed by atoms with Crippen LogP contribution < -0.4 is 9.64 Å². The second-order valence-electron chi connectivity index (χ2n) is 7.29. The lowest BCUT2D eigenvalue weighted by molar-refractivity contribution is 0.0559. The van der Waals surface area contributed by atoms with Crippen LogP contribution in [-0.2, 0) is 11.2 Å². The molecule has 0 spiro atoms. The van der Waals surface area contributed by atoms with Gasteiger partial charge in [-0.3, -0.25) is 9.69 Å². The average molecular weight is 353 g/mol. The monoisotopic (exact) mass is 353 g/mol. The first kappa shape index (κ1) is 18.0. The lowest BCUT2D eigenvalue weighted by atomic mass is 10.0. The fourth-order valence-electron chi connectivity index (χ4n) is 3.08. The van der Waals surface area contributed by atoms with E-state index < -0.39 is 17.7 Å². The molecule has 1 atom stereocenters. The lowest BCUT2D eigenvalue weighted by Crippen LogP contribution is -2.45. The van der Waals surface area contributed by atoms with Crippen LogP contribution in [0, 0.1) is 0 Å². The minimum atomic E-state index is -0.637. The highest BCUT2D eigenvalue weighted by molar-refractivity contribution is 6.08. The van der Waals surface area contributed by atoms with Crippen LogP contribution in [0.3, 0.4) is 0 Å². The number of nitrogens with zero attached hydrogens (tertiary/aromatic N) is 1. The number of fused-ring (bicyclic) bond motifs is 1. The summed E-state index contributed by atoms with van der Waals surface area (Å²) in [5.41, 5.74) is 1.60. The van der Waals surface area contributed by atoms with E-state index in [1.54, 1.807) is 31.4 Å². The number of hydrogen-bond donors (Lipinski definition) is 0. The zero-order chi connectivity index (χ0) is 18.9. The number of anilines is 1. The van der Waals surface area contributed by atoms with E-state index in [-0.39, 0.29) is 5.78 Å². The molecule has 5 nitrogen and oxygen atoms in total. The minimum Gasteiger partial charge on any atom is -0.497 e. The Balaban J connectivity index is 1.94. The van der Waals surface area contributed by atoms with Crippen molar-refractivity contribution in [2.75, 3.05) is 12.0 Å². The normalized spacial score (nSPS) is 16.2. The van der Waals surface area contributed by atoms with E-state index >= 15 is 0 Å². The number of Topliss-reactive ketones (excluding diaryl/α,β-unsaturated/α-hetero) is 1. The number of rotatable bonds is 3. The SMILES string of the molecule is COc1ccc(C(=O)C2Cc3ccccc3N2C(=O)OC(C)(C)C)cc1. The zero-order valence-electron chi connectivity index (χ0n) is 15.5. The quantitative estimate of drug-likeness (QED) is 0.774. The molecule has 1 unspecified atom stereocenters. The second-order valence-corrected chi connectivity index (χ2v) is 7.29. The first-order chi connectivity index (χ1) is 12.3. The van der Waals surface area contributed by atoms with Crippen LogP contribution in [0.2, 0.25) is 0 Å². The molecule has 1 aliphatic rings. The van der Waals surface area contributed by atoms with Gasteiger partial charge in [0.05, 0.1) is 12.8 Å².